The Hall–Kier alpha value is 0.380. The molecule has 5 nitrogen and oxygen atoms in total. The highest BCUT2D eigenvalue weighted by molar-refractivity contribution is 6.27. The van der Waals surface area contributed by atoms with Gasteiger partial charge in [-0.1, -0.05) is 23.2 Å². The number of hydrogen-bond acceptors (Lipinski definition) is 5. The topological polar surface area (TPSA) is 102 Å². The smallest absolute Gasteiger partial charge is 0.266 e. The van der Waals surface area contributed by atoms with Crippen LogP contribution in [0, 0.1) is 0 Å². The molecule has 1 aliphatic rings. The van der Waals surface area contributed by atoms with Gasteiger partial charge < -0.3 is 26.4 Å². The van der Waals surface area contributed by atoms with Crippen LogP contribution in [-0.2, 0) is 4.74 Å². The average molecular weight is 217 g/mol. The summed E-state index contributed by atoms with van der Waals surface area (Å²) in [7, 11) is 0. The molecule has 0 radical (unpaired) electrons. The van der Waals surface area contributed by atoms with Crippen LogP contribution in [0.4, 0.5) is 0 Å². The predicted molar refractivity (Wildman–Crippen MR) is 43.5 cm³/mol. The number of ether oxygens (including phenoxy) is 1. The minimum atomic E-state index is -2.16. The van der Waals surface area contributed by atoms with Crippen LogP contribution in [0.3, 0.4) is 0 Å². The van der Waals surface area contributed by atoms with Crippen molar-refractivity contribution in [1.82, 2.24) is 0 Å². The normalized spacial score (nSPS) is 55.5. The minimum absolute atomic E-state index is 0.159. The third-order valence-electron chi connectivity index (χ3n) is 1.81. The first kappa shape index (κ1) is 10.5. The Labute approximate surface area is 79.2 Å². The van der Waals surface area contributed by atoms with Crippen molar-refractivity contribution in [2.45, 2.75) is 22.4 Å². The Morgan fingerprint density at radius 1 is 1.33 bits per heavy atom. The molecule has 72 valence electrons. The summed E-state index contributed by atoms with van der Waals surface area (Å²) in [6, 6.07) is -2.25. The molecule has 0 bridgehead atoms. The molecule has 0 amide bonds. The Morgan fingerprint density at radius 3 is 2.25 bits per heavy atom. The van der Waals surface area contributed by atoms with Gasteiger partial charge in [-0.15, -0.1) is 0 Å². The molecule has 4 atom stereocenters. The molecule has 1 saturated heterocycles. The molecule has 1 fully saturated rings. The first-order chi connectivity index (χ1) is 5.28. The number of hydrogen-bond donors (Lipinski definition) is 4. The maximum atomic E-state index is 9.44. The molecule has 12 heavy (non-hydrogen) atoms. The van der Waals surface area contributed by atoms with Crippen molar-refractivity contribution in [2.75, 3.05) is 6.61 Å². The van der Waals surface area contributed by atoms with Crippen molar-refractivity contribution >= 4 is 23.2 Å². The number of nitrogens with two attached hydrogens (primary N) is 2. The van der Waals surface area contributed by atoms with E-state index in [1.54, 1.807) is 0 Å². The average Bonchev–Trinajstić information content (AvgIpc) is 1.96. The Bertz CT molecular complexity index is 188. The summed E-state index contributed by atoms with van der Waals surface area (Å²) in [6.07, 6.45) is 0. The van der Waals surface area contributed by atoms with Crippen molar-refractivity contribution in [3.8, 4) is 0 Å². The Balaban J connectivity index is 2.86. The van der Waals surface area contributed by atoms with Gasteiger partial charge in [0.1, 0.15) is 6.04 Å². The number of alkyl halides is 2. The van der Waals surface area contributed by atoms with Crippen LogP contribution >= 0.6 is 23.2 Å². The zero-order valence-electron chi connectivity index (χ0n) is 6.08. The Morgan fingerprint density at radius 2 is 1.83 bits per heavy atom. The lowest BCUT2D eigenvalue weighted by molar-refractivity contribution is -0.214. The quantitative estimate of drug-likeness (QED) is 0.369. The predicted octanol–water partition coefficient (Wildman–Crippen LogP) is -1.52. The van der Waals surface area contributed by atoms with E-state index in [1.165, 1.54) is 0 Å². The monoisotopic (exact) mass is 216 g/mol. The lowest BCUT2D eigenvalue weighted by Crippen LogP contribution is -2.69. The second-order valence-corrected chi connectivity index (χ2v) is 3.88. The second-order valence-electron chi connectivity index (χ2n) is 2.73. The summed E-state index contributed by atoms with van der Waals surface area (Å²) in [4.78, 5) is 0. The fourth-order valence-electron chi connectivity index (χ4n) is 0.894. The van der Waals surface area contributed by atoms with Crippen LogP contribution < -0.4 is 11.5 Å². The third kappa shape index (κ3) is 1.54. The van der Waals surface area contributed by atoms with E-state index in [-0.39, 0.29) is 6.61 Å². The second kappa shape index (κ2) is 2.95. The summed E-state index contributed by atoms with van der Waals surface area (Å²) in [5.74, 6) is 0. The first-order valence-electron chi connectivity index (χ1n) is 3.26. The molecule has 1 heterocycles. The fourth-order valence-corrected chi connectivity index (χ4v) is 1.39. The molecule has 0 aromatic rings. The van der Waals surface area contributed by atoms with E-state index in [4.69, 9.17) is 34.7 Å². The van der Waals surface area contributed by atoms with E-state index < -0.39 is 22.4 Å². The van der Waals surface area contributed by atoms with Gasteiger partial charge >= 0.3 is 0 Å². The van der Waals surface area contributed by atoms with Crippen molar-refractivity contribution < 1.29 is 14.9 Å². The van der Waals surface area contributed by atoms with Crippen LogP contribution in [0.2, 0.25) is 0 Å². The number of rotatable bonds is 0. The van der Waals surface area contributed by atoms with Crippen molar-refractivity contribution in [3.63, 3.8) is 0 Å². The van der Waals surface area contributed by atoms with Gasteiger partial charge in [0.25, 0.3) is 5.25 Å². The molecule has 1 rings (SSSR count). The molecule has 1 aliphatic heterocycles. The first-order valence-corrected chi connectivity index (χ1v) is 4.01. The SMILES string of the molecule is N[C@H]1COC(O)(Cl)[C@H](N)[C@]1(O)Cl. The molecule has 0 aliphatic carbocycles. The number of halogens is 2. The van der Waals surface area contributed by atoms with Gasteiger partial charge in [0.05, 0.1) is 12.6 Å². The van der Waals surface area contributed by atoms with E-state index >= 15 is 0 Å². The summed E-state index contributed by atoms with van der Waals surface area (Å²) >= 11 is 10.9. The van der Waals surface area contributed by atoms with E-state index in [9.17, 15) is 10.2 Å². The zero-order valence-corrected chi connectivity index (χ0v) is 7.59. The van der Waals surface area contributed by atoms with Gasteiger partial charge in [0, 0.05) is 0 Å². The van der Waals surface area contributed by atoms with Gasteiger partial charge in [-0.25, -0.2) is 0 Å². The van der Waals surface area contributed by atoms with E-state index in [0.29, 0.717) is 0 Å². The van der Waals surface area contributed by atoms with Crippen LogP contribution in [0.5, 0.6) is 0 Å². The van der Waals surface area contributed by atoms with Gasteiger partial charge in [-0.05, 0) is 0 Å². The van der Waals surface area contributed by atoms with E-state index in [2.05, 4.69) is 4.74 Å². The van der Waals surface area contributed by atoms with E-state index in [0.717, 1.165) is 0 Å². The maximum Gasteiger partial charge on any atom is 0.266 e. The Kier molecular flexibility index (Phi) is 2.57. The fraction of sp³-hybridized carbons (Fsp3) is 1.00. The zero-order chi connectivity index (χ0) is 9.57. The van der Waals surface area contributed by atoms with Gasteiger partial charge in [0.15, 0.2) is 5.06 Å². The molecule has 1 unspecified atom stereocenters. The summed E-state index contributed by atoms with van der Waals surface area (Å²) in [6.45, 7) is -0.159. The van der Waals surface area contributed by atoms with Crippen LogP contribution in [0.15, 0.2) is 0 Å². The highest BCUT2D eigenvalue weighted by atomic mass is 35.5. The number of aliphatic hydroxyl groups is 2. The van der Waals surface area contributed by atoms with Crippen LogP contribution in [-0.4, -0.2) is 39.2 Å². The van der Waals surface area contributed by atoms with Crippen molar-refractivity contribution in [2.24, 2.45) is 11.5 Å². The van der Waals surface area contributed by atoms with Gasteiger partial charge in [0.2, 0.25) is 0 Å². The van der Waals surface area contributed by atoms with Crippen LogP contribution in [0.1, 0.15) is 0 Å². The lowest BCUT2D eigenvalue weighted by Gasteiger charge is -2.43. The molecule has 0 aromatic heterocycles. The van der Waals surface area contributed by atoms with Crippen molar-refractivity contribution in [1.29, 1.82) is 0 Å². The standard InChI is InChI=1S/C5H10Cl2N2O3/c6-4(10)2(8)1-12-5(7,11)3(4)9/h2-3,10-11H,1,8-9H2/t2-,3+,4-,5?/m0/s1. The molecular weight excluding hydrogens is 207 g/mol. The molecule has 0 aromatic carbocycles. The highest BCUT2D eigenvalue weighted by Gasteiger charge is 2.54. The molecule has 0 spiro atoms. The molecule has 6 N–H and O–H groups in total. The minimum Gasteiger partial charge on any atom is -0.372 e. The van der Waals surface area contributed by atoms with Crippen LogP contribution in [0.25, 0.3) is 0 Å². The third-order valence-corrected chi connectivity index (χ3v) is 2.66. The lowest BCUT2D eigenvalue weighted by atomic mass is 10.0. The highest BCUT2D eigenvalue weighted by Crippen LogP contribution is 2.34. The summed E-state index contributed by atoms with van der Waals surface area (Å²) in [5, 5.41) is 14.5. The summed E-state index contributed by atoms with van der Waals surface area (Å²) in [5.41, 5.74) is 10.7. The van der Waals surface area contributed by atoms with Crippen molar-refractivity contribution in [3.05, 3.63) is 0 Å². The largest absolute Gasteiger partial charge is 0.372 e. The molecular formula is C5H10Cl2N2O3. The molecule has 7 heteroatoms. The van der Waals surface area contributed by atoms with E-state index in [1.807, 2.05) is 0 Å². The molecule has 0 saturated carbocycles. The van der Waals surface area contributed by atoms with Gasteiger partial charge in [-0.3, -0.25) is 0 Å². The summed E-state index contributed by atoms with van der Waals surface area (Å²) < 4.78 is 4.65. The maximum absolute atomic E-state index is 9.44. The van der Waals surface area contributed by atoms with Gasteiger partial charge in [-0.2, -0.15) is 0 Å².